The van der Waals surface area contributed by atoms with E-state index < -0.39 is 0 Å². The topological polar surface area (TPSA) is 38.5 Å². The van der Waals surface area contributed by atoms with Crippen molar-refractivity contribution >= 4 is 5.69 Å². The minimum Gasteiger partial charge on any atom is -0.381 e. The highest BCUT2D eigenvalue weighted by Crippen LogP contribution is 2.22. The number of nitrogens with two attached hydrogens (primary N) is 1. The maximum absolute atomic E-state index is 5.85. The second-order valence-corrected chi connectivity index (χ2v) is 4.83. The second-order valence-electron chi connectivity index (χ2n) is 4.83. The van der Waals surface area contributed by atoms with E-state index in [4.69, 9.17) is 10.5 Å². The molecule has 0 amide bonds. The van der Waals surface area contributed by atoms with Gasteiger partial charge >= 0.3 is 0 Å². The molecule has 3 nitrogen and oxygen atoms in total. The van der Waals surface area contributed by atoms with Crippen molar-refractivity contribution in [2.24, 2.45) is 5.73 Å². The summed E-state index contributed by atoms with van der Waals surface area (Å²) in [5.74, 6) is 0. The molecule has 17 heavy (non-hydrogen) atoms. The van der Waals surface area contributed by atoms with Crippen LogP contribution in [0.1, 0.15) is 31.4 Å². The molecular formula is C14H22N2O. The third-order valence-electron chi connectivity index (χ3n) is 3.56. The van der Waals surface area contributed by atoms with Crippen molar-refractivity contribution in [2.45, 2.75) is 31.8 Å². The van der Waals surface area contributed by atoms with Crippen LogP contribution >= 0.6 is 0 Å². The molecule has 2 rings (SSSR count). The van der Waals surface area contributed by atoms with Crippen LogP contribution in [-0.2, 0) is 4.74 Å². The van der Waals surface area contributed by atoms with Gasteiger partial charge in [0.25, 0.3) is 0 Å². The van der Waals surface area contributed by atoms with Crippen LogP contribution in [0.5, 0.6) is 0 Å². The lowest BCUT2D eigenvalue weighted by Crippen LogP contribution is -2.36. The maximum Gasteiger partial charge on any atom is 0.0485 e. The molecule has 1 aliphatic rings. The predicted molar refractivity (Wildman–Crippen MR) is 71.3 cm³/mol. The van der Waals surface area contributed by atoms with Gasteiger partial charge < -0.3 is 15.4 Å². The van der Waals surface area contributed by atoms with Gasteiger partial charge in [0.1, 0.15) is 0 Å². The molecule has 0 unspecified atom stereocenters. The van der Waals surface area contributed by atoms with Gasteiger partial charge in [0.15, 0.2) is 0 Å². The van der Waals surface area contributed by atoms with E-state index in [2.05, 4.69) is 36.2 Å². The highest BCUT2D eigenvalue weighted by molar-refractivity contribution is 5.48. The third kappa shape index (κ3) is 2.99. The van der Waals surface area contributed by atoms with E-state index >= 15 is 0 Å². The van der Waals surface area contributed by atoms with Gasteiger partial charge in [-0.1, -0.05) is 12.1 Å². The normalized spacial score (nSPS) is 19.0. The van der Waals surface area contributed by atoms with Gasteiger partial charge in [-0.05, 0) is 37.5 Å². The first kappa shape index (κ1) is 12.4. The van der Waals surface area contributed by atoms with Crippen LogP contribution < -0.4 is 10.6 Å². The molecule has 1 saturated heterocycles. The molecule has 1 aromatic rings. The lowest BCUT2D eigenvalue weighted by Gasteiger charge is -2.33. The van der Waals surface area contributed by atoms with E-state index in [1.165, 1.54) is 11.3 Å². The van der Waals surface area contributed by atoms with Crippen molar-refractivity contribution in [3.05, 3.63) is 29.8 Å². The molecule has 0 aliphatic carbocycles. The Labute approximate surface area is 104 Å². The van der Waals surface area contributed by atoms with Crippen molar-refractivity contribution in [1.29, 1.82) is 0 Å². The number of ether oxygens (including phenoxy) is 1. The van der Waals surface area contributed by atoms with Crippen LogP contribution in [0.3, 0.4) is 0 Å². The number of hydrogen-bond acceptors (Lipinski definition) is 3. The summed E-state index contributed by atoms with van der Waals surface area (Å²) in [4.78, 5) is 2.35. The molecule has 0 spiro atoms. The minimum atomic E-state index is 0.109. The summed E-state index contributed by atoms with van der Waals surface area (Å²) < 4.78 is 5.39. The van der Waals surface area contributed by atoms with Crippen molar-refractivity contribution in [2.75, 3.05) is 25.2 Å². The first-order valence-electron chi connectivity index (χ1n) is 6.34. The fraction of sp³-hybridized carbons (Fsp3) is 0.571. The molecule has 3 heteroatoms. The highest BCUT2D eigenvalue weighted by atomic mass is 16.5. The number of anilines is 1. The molecule has 0 aromatic heterocycles. The largest absolute Gasteiger partial charge is 0.381 e. The number of hydrogen-bond donors (Lipinski definition) is 1. The van der Waals surface area contributed by atoms with E-state index in [1.807, 2.05) is 6.92 Å². The summed E-state index contributed by atoms with van der Waals surface area (Å²) in [6, 6.07) is 9.27. The van der Waals surface area contributed by atoms with E-state index in [-0.39, 0.29) is 6.04 Å². The summed E-state index contributed by atoms with van der Waals surface area (Å²) >= 11 is 0. The standard InChI is InChI=1S/C14H22N2O/c1-11(15)12-3-5-13(6-4-12)16(2)14-7-9-17-10-8-14/h3-6,11,14H,7-10,15H2,1-2H3/t11-/m0/s1. The first-order chi connectivity index (χ1) is 8.18. The Bertz CT molecular complexity index is 342. The van der Waals surface area contributed by atoms with Crippen LogP contribution in [0, 0.1) is 0 Å². The van der Waals surface area contributed by atoms with Crippen molar-refractivity contribution < 1.29 is 4.74 Å². The van der Waals surface area contributed by atoms with Crippen molar-refractivity contribution in [3.8, 4) is 0 Å². The SMILES string of the molecule is C[C@H](N)c1ccc(N(C)C2CCOCC2)cc1. The lowest BCUT2D eigenvalue weighted by atomic mass is 10.1. The number of benzene rings is 1. The molecule has 1 heterocycles. The van der Waals surface area contributed by atoms with E-state index in [0.717, 1.165) is 26.1 Å². The Balaban J connectivity index is 2.05. The molecule has 0 radical (unpaired) electrons. The molecule has 1 aromatic carbocycles. The molecule has 0 bridgehead atoms. The van der Waals surface area contributed by atoms with Crippen LogP contribution in [0.15, 0.2) is 24.3 Å². The fourth-order valence-electron chi connectivity index (χ4n) is 2.30. The first-order valence-corrected chi connectivity index (χ1v) is 6.34. The van der Waals surface area contributed by atoms with Crippen molar-refractivity contribution in [3.63, 3.8) is 0 Å². The summed E-state index contributed by atoms with van der Waals surface area (Å²) in [5, 5.41) is 0. The Morgan fingerprint density at radius 1 is 1.24 bits per heavy atom. The highest BCUT2D eigenvalue weighted by Gasteiger charge is 2.18. The van der Waals surface area contributed by atoms with Crippen LogP contribution in [0.4, 0.5) is 5.69 Å². The van der Waals surface area contributed by atoms with E-state index in [1.54, 1.807) is 0 Å². The molecule has 1 fully saturated rings. The number of rotatable bonds is 3. The Morgan fingerprint density at radius 2 is 1.82 bits per heavy atom. The molecule has 1 atom stereocenters. The molecule has 94 valence electrons. The van der Waals surface area contributed by atoms with E-state index in [0.29, 0.717) is 6.04 Å². The maximum atomic E-state index is 5.85. The van der Waals surface area contributed by atoms with Gasteiger partial charge in [-0.25, -0.2) is 0 Å². The Kier molecular flexibility index (Phi) is 4.02. The van der Waals surface area contributed by atoms with Gasteiger partial charge in [-0.3, -0.25) is 0 Å². The lowest BCUT2D eigenvalue weighted by molar-refractivity contribution is 0.0855. The second kappa shape index (κ2) is 5.52. The molecule has 2 N–H and O–H groups in total. The van der Waals surface area contributed by atoms with Gasteiger partial charge in [0.2, 0.25) is 0 Å². The summed E-state index contributed by atoms with van der Waals surface area (Å²) in [7, 11) is 2.16. The van der Waals surface area contributed by atoms with E-state index in [9.17, 15) is 0 Å². The van der Waals surface area contributed by atoms with Gasteiger partial charge in [0.05, 0.1) is 0 Å². The van der Waals surface area contributed by atoms with Crippen LogP contribution in [0.25, 0.3) is 0 Å². The minimum absolute atomic E-state index is 0.109. The summed E-state index contributed by atoms with van der Waals surface area (Å²) in [6.45, 7) is 3.77. The summed E-state index contributed by atoms with van der Waals surface area (Å²) in [5.41, 5.74) is 8.31. The Hall–Kier alpha value is -1.06. The van der Waals surface area contributed by atoms with Gasteiger partial charge in [-0.15, -0.1) is 0 Å². The van der Waals surface area contributed by atoms with Gasteiger partial charge in [0, 0.05) is 38.0 Å². The third-order valence-corrected chi connectivity index (χ3v) is 3.56. The summed E-state index contributed by atoms with van der Waals surface area (Å²) in [6.07, 6.45) is 2.23. The zero-order chi connectivity index (χ0) is 12.3. The monoisotopic (exact) mass is 234 g/mol. The van der Waals surface area contributed by atoms with Gasteiger partial charge in [-0.2, -0.15) is 0 Å². The average molecular weight is 234 g/mol. The Morgan fingerprint density at radius 3 is 2.35 bits per heavy atom. The zero-order valence-electron chi connectivity index (χ0n) is 10.7. The molecule has 1 aliphatic heterocycles. The number of nitrogens with zero attached hydrogens (tertiary/aromatic N) is 1. The van der Waals surface area contributed by atoms with Crippen LogP contribution in [-0.4, -0.2) is 26.3 Å². The molecular weight excluding hydrogens is 212 g/mol. The zero-order valence-corrected chi connectivity index (χ0v) is 10.7. The smallest absolute Gasteiger partial charge is 0.0485 e. The van der Waals surface area contributed by atoms with Crippen LogP contribution in [0.2, 0.25) is 0 Å². The average Bonchev–Trinajstić information content (AvgIpc) is 2.39. The fourth-order valence-corrected chi connectivity index (χ4v) is 2.30. The predicted octanol–water partition coefficient (Wildman–Crippen LogP) is 2.32. The van der Waals surface area contributed by atoms with Crippen molar-refractivity contribution in [1.82, 2.24) is 0 Å². The quantitative estimate of drug-likeness (QED) is 0.872. The molecule has 0 saturated carbocycles.